The molecule has 0 fully saturated rings. The van der Waals surface area contributed by atoms with Gasteiger partial charge in [-0.15, -0.1) is 5.10 Å². The first-order valence-electron chi connectivity index (χ1n) is 9.60. The molecule has 7 nitrogen and oxygen atoms in total. The Balaban J connectivity index is 1.65. The average molecular weight is 383 g/mol. The number of para-hydroxylation sites is 1. The fourth-order valence-corrected chi connectivity index (χ4v) is 4.47. The molecule has 0 amide bonds. The van der Waals surface area contributed by atoms with Gasteiger partial charge < -0.3 is 15.0 Å². The van der Waals surface area contributed by atoms with Crippen molar-refractivity contribution in [3.8, 4) is 16.9 Å². The molecule has 0 spiro atoms. The van der Waals surface area contributed by atoms with Crippen LogP contribution < -0.4 is 10.1 Å². The number of hydrogen-bond acceptors (Lipinski definition) is 6. The van der Waals surface area contributed by atoms with E-state index >= 15 is 0 Å². The molecular weight excluding hydrogens is 366 g/mol. The first-order chi connectivity index (χ1) is 14.3. The van der Waals surface area contributed by atoms with E-state index < -0.39 is 0 Å². The number of ether oxygens (including phenoxy) is 1. The Morgan fingerprint density at radius 1 is 1.17 bits per heavy atom. The molecule has 2 aliphatic rings. The lowest BCUT2D eigenvalue weighted by atomic mass is 9.94. The normalized spacial score (nSPS) is 16.5. The molecule has 29 heavy (non-hydrogen) atoms. The number of H-pyrrole nitrogens is 1. The van der Waals surface area contributed by atoms with Crippen molar-refractivity contribution < 1.29 is 4.74 Å². The molecule has 6 rings (SSSR count). The number of aromatic amines is 1. The van der Waals surface area contributed by atoms with Crippen LogP contribution in [-0.2, 0) is 13.0 Å². The first-order valence-corrected chi connectivity index (χ1v) is 9.60. The highest BCUT2D eigenvalue weighted by atomic mass is 16.5. The van der Waals surface area contributed by atoms with Crippen molar-refractivity contribution in [2.24, 2.45) is 5.18 Å². The standard InChI is InChI=1S/C22H17N5O2/c28-24-11-17-19-14-3-1-2-4-16(14)25-21(15-10-23-22(20(15)19)27-26-17)13-5-6-18-12(9-13)7-8-29-18/h1-6,9-10,21,25H,7-8,11H2,(H,23,27). The zero-order chi connectivity index (χ0) is 19.4. The fraction of sp³-hybridized carbons (Fsp3) is 0.182. The van der Waals surface area contributed by atoms with Crippen molar-refractivity contribution in [3.63, 3.8) is 0 Å². The van der Waals surface area contributed by atoms with E-state index in [2.05, 4.69) is 43.9 Å². The average Bonchev–Trinajstić information content (AvgIpc) is 3.36. The minimum Gasteiger partial charge on any atom is -0.493 e. The predicted octanol–water partition coefficient (Wildman–Crippen LogP) is 4.34. The van der Waals surface area contributed by atoms with Gasteiger partial charge in [0.15, 0.2) is 5.65 Å². The van der Waals surface area contributed by atoms with E-state index in [1.165, 1.54) is 5.56 Å². The molecule has 0 saturated heterocycles. The zero-order valence-corrected chi connectivity index (χ0v) is 15.5. The van der Waals surface area contributed by atoms with Crippen molar-refractivity contribution in [1.82, 2.24) is 15.2 Å². The monoisotopic (exact) mass is 383 g/mol. The van der Waals surface area contributed by atoms with Gasteiger partial charge in [0, 0.05) is 40.4 Å². The highest BCUT2D eigenvalue weighted by Gasteiger charge is 2.29. The van der Waals surface area contributed by atoms with Gasteiger partial charge in [-0.05, 0) is 29.3 Å². The van der Waals surface area contributed by atoms with Gasteiger partial charge in [0.2, 0.25) is 0 Å². The van der Waals surface area contributed by atoms with Crippen LogP contribution in [0.15, 0.2) is 53.8 Å². The SMILES string of the molecule is O=NCc1nnc2[nH]cc3c2c1-c1ccccc1NC3c1ccc2c(c1)CCO2. The zero-order valence-electron chi connectivity index (χ0n) is 15.5. The lowest BCUT2D eigenvalue weighted by Crippen LogP contribution is -2.11. The van der Waals surface area contributed by atoms with Gasteiger partial charge in [0.1, 0.15) is 12.3 Å². The van der Waals surface area contributed by atoms with Crippen molar-refractivity contribution in [2.45, 2.75) is 19.0 Å². The molecule has 4 aromatic rings. The van der Waals surface area contributed by atoms with Crippen LogP contribution in [0.3, 0.4) is 0 Å². The fourth-order valence-electron chi connectivity index (χ4n) is 4.47. The molecule has 0 aliphatic carbocycles. The minimum atomic E-state index is -0.0710. The van der Waals surface area contributed by atoms with Crippen molar-refractivity contribution >= 4 is 16.7 Å². The van der Waals surface area contributed by atoms with Gasteiger partial charge in [0.25, 0.3) is 0 Å². The molecule has 0 saturated carbocycles. The summed E-state index contributed by atoms with van der Waals surface area (Å²) in [6.45, 7) is 0.715. The summed E-state index contributed by atoms with van der Waals surface area (Å²) >= 11 is 0. The molecule has 7 heteroatoms. The summed E-state index contributed by atoms with van der Waals surface area (Å²) in [4.78, 5) is 14.3. The van der Waals surface area contributed by atoms with Crippen LogP contribution in [0.2, 0.25) is 0 Å². The summed E-state index contributed by atoms with van der Waals surface area (Å²) in [5.41, 5.74) is 7.67. The number of nitrogens with one attached hydrogen (secondary N) is 2. The maximum absolute atomic E-state index is 11.1. The van der Waals surface area contributed by atoms with E-state index in [-0.39, 0.29) is 12.6 Å². The quantitative estimate of drug-likeness (QED) is 0.514. The number of rotatable bonds is 3. The van der Waals surface area contributed by atoms with E-state index in [9.17, 15) is 4.91 Å². The van der Waals surface area contributed by atoms with Crippen LogP contribution in [0, 0.1) is 4.91 Å². The van der Waals surface area contributed by atoms with E-state index in [1.807, 2.05) is 30.5 Å². The van der Waals surface area contributed by atoms with Gasteiger partial charge in [-0.3, -0.25) is 0 Å². The van der Waals surface area contributed by atoms with Gasteiger partial charge in [-0.1, -0.05) is 29.4 Å². The number of anilines is 1. The maximum atomic E-state index is 11.1. The van der Waals surface area contributed by atoms with E-state index in [0.29, 0.717) is 11.3 Å². The third kappa shape index (κ3) is 2.37. The number of aromatic nitrogens is 3. The molecule has 1 atom stereocenters. The Morgan fingerprint density at radius 3 is 3.03 bits per heavy atom. The molecule has 4 heterocycles. The van der Waals surface area contributed by atoms with Crippen molar-refractivity contribution in [3.05, 3.63) is 76.0 Å². The summed E-state index contributed by atoms with van der Waals surface area (Å²) in [5.74, 6) is 0.965. The van der Waals surface area contributed by atoms with E-state index in [1.54, 1.807) is 0 Å². The first kappa shape index (κ1) is 16.2. The molecule has 0 radical (unpaired) electrons. The molecule has 2 aromatic heterocycles. The lowest BCUT2D eigenvalue weighted by Gasteiger charge is -2.20. The summed E-state index contributed by atoms with van der Waals surface area (Å²) in [6, 6.07) is 14.4. The summed E-state index contributed by atoms with van der Waals surface area (Å²) in [5, 5.41) is 16.4. The molecule has 2 aromatic carbocycles. The Labute approximate surface area is 166 Å². The van der Waals surface area contributed by atoms with Gasteiger partial charge in [0.05, 0.1) is 18.3 Å². The maximum Gasteiger partial charge on any atom is 0.160 e. The highest BCUT2D eigenvalue weighted by Crippen LogP contribution is 2.45. The number of nitrogens with zero attached hydrogens (tertiary/aromatic N) is 3. The van der Waals surface area contributed by atoms with Crippen molar-refractivity contribution in [2.75, 3.05) is 11.9 Å². The third-order valence-corrected chi connectivity index (χ3v) is 5.77. The van der Waals surface area contributed by atoms with E-state index in [4.69, 9.17) is 4.74 Å². The third-order valence-electron chi connectivity index (χ3n) is 5.77. The lowest BCUT2D eigenvalue weighted by molar-refractivity contribution is 0.357. The molecule has 2 N–H and O–H groups in total. The summed E-state index contributed by atoms with van der Waals surface area (Å²) in [7, 11) is 0. The van der Waals surface area contributed by atoms with Crippen LogP contribution in [0.5, 0.6) is 5.75 Å². The number of hydrogen-bond donors (Lipinski definition) is 2. The summed E-state index contributed by atoms with van der Waals surface area (Å²) in [6.07, 6.45) is 2.90. The molecule has 0 bridgehead atoms. The molecule has 1 unspecified atom stereocenters. The second-order valence-corrected chi connectivity index (χ2v) is 7.37. The predicted molar refractivity (Wildman–Crippen MR) is 110 cm³/mol. The van der Waals surface area contributed by atoms with Gasteiger partial charge in [-0.25, -0.2) is 0 Å². The largest absolute Gasteiger partial charge is 0.493 e. The Bertz CT molecular complexity index is 1280. The van der Waals surface area contributed by atoms with Crippen LogP contribution in [0.1, 0.15) is 28.4 Å². The number of fused-ring (bicyclic) bond motifs is 3. The van der Waals surface area contributed by atoms with Crippen LogP contribution in [-0.4, -0.2) is 21.8 Å². The second-order valence-electron chi connectivity index (χ2n) is 7.37. The van der Waals surface area contributed by atoms with Crippen molar-refractivity contribution in [1.29, 1.82) is 0 Å². The van der Waals surface area contributed by atoms with Crippen LogP contribution in [0.4, 0.5) is 5.69 Å². The van der Waals surface area contributed by atoms with Crippen LogP contribution >= 0.6 is 0 Å². The topological polar surface area (TPSA) is 92.3 Å². The summed E-state index contributed by atoms with van der Waals surface area (Å²) < 4.78 is 5.68. The number of nitroso groups, excluding NO2 is 1. The van der Waals surface area contributed by atoms with E-state index in [0.717, 1.165) is 52.1 Å². The minimum absolute atomic E-state index is 0.0158. The molecular formula is C22H17N5O2. The smallest absolute Gasteiger partial charge is 0.160 e. The number of benzene rings is 2. The second kappa shape index (κ2) is 6.13. The van der Waals surface area contributed by atoms with Crippen LogP contribution in [0.25, 0.3) is 22.2 Å². The Hall–Kier alpha value is -3.74. The Kier molecular flexibility index (Phi) is 3.43. The van der Waals surface area contributed by atoms with Gasteiger partial charge in [-0.2, -0.15) is 10.0 Å². The Morgan fingerprint density at radius 2 is 2.10 bits per heavy atom. The molecule has 142 valence electrons. The molecule has 2 aliphatic heterocycles. The van der Waals surface area contributed by atoms with Gasteiger partial charge >= 0.3 is 0 Å². The highest BCUT2D eigenvalue weighted by molar-refractivity contribution is 6.02.